The third kappa shape index (κ3) is 4.68. The molecule has 0 aliphatic carbocycles. The van der Waals surface area contributed by atoms with Gasteiger partial charge in [0.25, 0.3) is 0 Å². The summed E-state index contributed by atoms with van der Waals surface area (Å²) >= 11 is 0. The van der Waals surface area contributed by atoms with Crippen molar-refractivity contribution >= 4 is 21.6 Å². The van der Waals surface area contributed by atoms with Crippen LogP contribution in [0.5, 0.6) is 11.5 Å². The second kappa shape index (κ2) is 7.96. The van der Waals surface area contributed by atoms with Crippen LogP contribution in [0.1, 0.15) is 12.5 Å². The molecule has 0 saturated carbocycles. The Bertz CT molecular complexity index is 892. The number of hydrogen-bond donors (Lipinski definition) is 2. The number of ether oxygens (including phenoxy) is 1. The molecule has 0 bridgehead atoms. The Balaban J connectivity index is 2.44. The number of hydrogen-bond acceptors (Lipinski definition) is 4. The van der Waals surface area contributed by atoms with Crippen LogP contribution in [0.4, 0.5) is 5.69 Å². The number of sulfonamides is 1. The molecule has 0 heterocycles. The monoisotopic (exact) mass is 360 g/mol. The maximum absolute atomic E-state index is 12.0. The summed E-state index contributed by atoms with van der Waals surface area (Å²) in [6.07, 6.45) is 1.96. The van der Waals surface area contributed by atoms with Gasteiger partial charge in [0.2, 0.25) is 15.9 Å². The third-order valence-corrected chi connectivity index (χ3v) is 4.92. The van der Waals surface area contributed by atoms with E-state index in [0.29, 0.717) is 11.5 Å². The standard InChI is InChI=1S/C18H20N2O4S/c1-4-13-7-6-8-14(11-13)24-17-10-9-15(25(22,23)19-3)12-16(17)20-18(21)5-2/h5-12,19H,2,4H2,1,3H3,(H,20,21). The molecule has 0 aliphatic heterocycles. The molecule has 0 saturated heterocycles. The van der Waals surface area contributed by atoms with Crippen molar-refractivity contribution in [2.75, 3.05) is 12.4 Å². The van der Waals surface area contributed by atoms with Crippen molar-refractivity contribution in [3.8, 4) is 11.5 Å². The molecule has 132 valence electrons. The first-order valence-electron chi connectivity index (χ1n) is 7.67. The van der Waals surface area contributed by atoms with E-state index in [1.165, 1.54) is 25.2 Å². The van der Waals surface area contributed by atoms with E-state index in [-0.39, 0.29) is 10.6 Å². The summed E-state index contributed by atoms with van der Waals surface area (Å²) in [5.74, 6) is 0.461. The number of rotatable bonds is 7. The van der Waals surface area contributed by atoms with Gasteiger partial charge in [-0.3, -0.25) is 4.79 Å². The summed E-state index contributed by atoms with van der Waals surface area (Å²) in [7, 11) is -2.33. The summed E-state index contributed by atoms with van der Waals surface area (Å²) in [4.78, 5) is 11.7. The number of carbonyl (C=O) groups excluding carboxylic acids is 1. The molecule has 25 heavy (non-hydrogen) atoms. The van der Waals surface area contributed by atoms with E-state index >= 15 is 0 Å². The molecular formula is C18H20N2O4S. The molecule has 2 N–H and O–H groups in total. The molecule has 7 heteroatoms. The molecule has 0 aromatic heterocycles. The molecule has 0 radical (unpaired) electrons. The Hall–Kier alpha value is -2.64. The number of aryl methyl sites for hydroxylation is 1. The molecular weight excluding hydrogens is 340 g/mol. The van der Waals surface area contributed by atoms with Crippen LogP contribution in [0.3, 0.4) is 0 Å². The lowest BCUT2D eigenvalue weighted by molar-refractivity contribution is -0.111. The second-order valence-electron chi connectivity index (χ2n) is 5.16. The molecule has 0 spiro atoms. The van der Waals surface area contributed by atoms with Gasteiger partial charge in [0, 0.05) is 0 Å². The van der Waals surface area contributed by atoms with Crippen LogP contribution in [0, 0.1) is 0 Å². The van der Waals surface area contributed by atoms with Crippen LogP contribution < -0.4 is 14.8 Å². The quantitative estimate of drug-likeness (QED) is 0.743. The molecule has 2 aromatic carbocycles. The fourth-order valence-electron chi connectivity index (χ4n) is 2.12. The zero-order valence-electron chi connectivity index (χ0n) is 14.1. The SMILES string of the molecule is C=CC(=O)Nc1cc(S(=O)(=O)NC)ccc1Oc1cccc(CC)c1. The van der Waals surface area contributed by atoms with Crippen molar-refractivity contribution in [2.45, 2.75) is 18.2 Å². The summed E-state index contributed by atoms with van der Waals surface area (Å²) < 4.78 is 32.0. The predicted octanol–water partition coefficient (Wildman–Crippen LogP) is 3.07. The van der Waals surface area contributed by atoms with E-state index in [1.54, 1.807) is 6.07 Å². The van der Waals surface area contributed by atoms with Gasteiger partial charge in [0.1, 0.15) is 5.75 Å². The van der Waals surface area contributed by atoms with E-state index in [1.807, 2.05) is 25.1 Å². The molecule has 0 fully saturated rings. The lowest BCUT2D eigenvalue weighted by atomic mass is 10.2. The highest BCUT2D eigenvalue weighted by molar-refractivity contribution is 7.89. The minimum Gasteiger partial charge on any atom is -0.455 e. The van der Waals surface area contributed by atoms with Crippen molar-refractivity contribution < 1.29 is 17.9 Å². The average molecular weight is 360 g/mol. The van der Waals surface area contributed by atoms with Gasteiger partial charge in [-0.25, -0.2) is 13.1 Å². The van der Waals surface area contributed by atoms with Crippen molar-refractivity contribution in [2.24, 2.45) is 0 Å². The van der Waals surface area contributed by atoms with Crippen molar-refractivity contribution in [1.29, 1.82) is 0 Å². The molecule has 6 nitrogen and oxygen atoms in total. The third-order valence-electron chi connectivity index (χ3n) is 3.51. The van der Waals surface area contributed by atoms with Crippen LogP contribution in [-0.4, -0.2) is 21.4 Å². The highest BCUT2D eigenvalue weighted by Gasteiger charge is 2.16. The Kier molecular flexibility index (Phi) is 5.95. The Morgan fingerprint density at radius 2 is 2.00 bits per heavy atom. The fourth-order valence-corrected chi connectivity index (χ4v) is 2.88. The van der Waals surface area contributed by atoms with E-state index < -0.39 is 15.9 Å². The predicted molar refractivity (Wildman–Crippen MR) is 97.4 cm³/mol. The minimum absolute atomic E-state index is 0.0176. The fraction of sp³-hybridized carbons (Fsp3) is 0.167. The first-order chi connectivity index (χ1) is 11.9. The smallest absolute Gasteiger partial charge is 0.247 e. The van der Waals surface area contributed by atoms with E-state index in [2.05, 4.69) is 16.6 Å². The van der Waals surface area contributed by atoms with E-state index in [0.717, 1.165) is 18.1 Å². The molecule has 0 aliphatic rings. The lowest BCUT2D eigenvalue weighted by Crippen LogP contribution is -2.19. The number of anilines is 1. The van der Waals surface area contributed by atoms with E-state index in [4.69, 9.17) is 4.74 Å². The van der Waals surface area contributed by atoms with Crippen LogP contribution in [0.25, 0.3) is 0 Å². The number of carbonyl (C=O) groups is 1. The van der Waals surface area contributed by atoms with Crippen LogP contribution in [0.2, 0.25) is 0 Å². The van der Waals surface area contributed by atoms with Gasteiger partial charge in [0.05, 0.1) is 10.6 Å². The van der Waals surface area contributed by atoms with Gasteiger partial charge in [-0.15, -0.1) is 0 Å². The second-order valence-corrected chi connectivity index (χ2v) is 7.05. The number of nitrogens with one attached hydrogen (secondary N) is 2. The zero-order valence-corrected chi connectivity index (χ0v) is 14.9. The maximum Gasteiger partial charge on any atom is 0.247 e. The summed E-state index contributed by atoms with van der Waals surface area (Å²) in [6, 6.07) is 11.8. The first kappa shape index (κ1) is 18.7. The summed E-state index contributed by atoms with van der Waals surface area (Å²) in [6.45, 7) is 5.43. The van der Waals surface area contributed by atoms with Gasteiger partial charge in [-0.05, 0) is 55.4 Å². The summed E-state index contributed by atoms with van der Waals surface area (Å²) in [5, 5.41) is 2.57. The van der Waals surface area contributed by atoms with Crippen molar-refractivity contribution in [3.63, 3.8) is 0 Å². The highest BCUT2D eigenvalue weighted by atomic mass is 32.2. The Morgan fingerprint density at radius 3 is 2.64 bits per heavy atom. The molecule has 1 amide bonds. The highest BCUT2D eigenvalue weighted by Crippen LogP contribution is 2.32. The Morgan fingerprint density at radius 1 is 1.24 bits per heavy atom. The van der Waals surface area contributed by atoms with Gasteiger partial charge < -0.3 is 10.1 Å². The summed E-state index contributed by atoms with van der Waals surface area (Å²) in [5.41, 5.74) is 1.34. The lowest BCUT2D eigenvalue weighted by Gasteiger charge is -2.14. The first-order valence-corrected chi connectivity index (χ1v) is 9.15. The molecule has 0 atom stereocenters. The zero-order chi connectivity index (χ0) is 18.4. The van der Waals surface area contributed by atoms with Crippen LogP contribution in [0.15, 0.2) is 60.0 Å². The van der Waals surface area contributed by atoms with Crippen LogP contribution in [-0.2, 0) is 21.2 Å². The van der Waals surface area contributed by atoms with Gasteiger partial charge in [0.15, 0.2) is 5.75 Å². The number of benzene rings is 2. The molecule has 2 aromatic rings. The minimum atomic E-state index is -3.65. The molecule has 2 rings (SSSR count). The largest absolute Gasteiger partial charge is 0.455 e. The van der Waals surface area contributed by atoms with Crippen LogP contribution >= 0.6 is 0 Å². The maximum atomic E-state index is 12.0. The molecule has 0 unspecified atom stereocenters. The van der Waals surface area contributed by atoms with Gasteiger partial charge in [-0.1, -0.05) is 25.6 Å². The average Bonchev–Trinajstić information content (AvgIpc) is 2.63. The van der Waals surface area contributed by atoms with Crippen molar-refractivity contribution in [1.82, 2.24) is 4.72 Å². The topological polar surface area (TPSA) is 84.5 Å². The van der Waals surface area contributed by atoms with Gasteiger partial charge >= 0.3 is 0 Å². The normalized spacial score (nSPS) is 11.0. The van der Waals surface area contributed by atoms with Crippen molar-refractivity contribution in [3.05, 3.63) is 60.7 Å². The van der Waals surface area contributed by atoms with Gasteiger partial charge in [-0.2, -0.15) is 0 Å². The van der Waals surface area contributed by atoms with E-state index in [9.17, 15) is 13.2 Å². The number of amides is 1. The Labute approximate surface area is 147 Å².